The van der Waals surface area contributed by atoms with Crippen LogP contribution in [0.2, 0.25) is 0 Å². The lowest BCUT2D eigenvalue weighted by atomic mass is 10.2. The molecule has 1 rings (SSSR count). The Morgan fingerprint density at radius 1 is 1.47 bits per heavy atom. The van der Waals surface area contributed by atoms with Crippen molar-refractivity contribution < 1.29 is 4.79 Å². The Balaban J connectivity index is 2.99. The zero-order valence-corrected chi connectivity index (χ0v) is 10.2. The van der Waals surface area contributed by atoms with Crippen molar-refractivity contribution in [2.45, 2.75) is 18.9 Å². The molecule has 0 atom stereocenters. The van der Waals surface area contributed by atoms with Gasteiger partial charge in [0.1, 0.15) is 5.03 Å². The summed E-state index contributed by atoms with van der Waals surface area (Å²) in [6.07, 6.45) is 3.65. The molecule has 82 valence electrons. The molecule has 0 aliphatic carbocycles. The van der Waals surface area contributed by atoms with Crippen molar-refractivity contribution in [1.29, 1.82) is 0 Å². The van der Waals surface area contributed by atoms with Gasteiger partial charge < -0.3 is 4.90 Å². The van der Waals surface area contributed by atoms with Crippen LogP contribution in [0.1, 0.15) is 24.2 Å². The van der Waals surface area contributed by atoms with Gasteiger partial charge in [0.15, 0.2) is 0 Å². The van der Waals surface area contributed by atoms with E-state index < -0.39 is 0 Å². The first-order valence-corrected chi connectivity index (χ1v) is 6.25. The second-order valence-electron chi connectivity index (χ2n) is 3.04. The number of nitrogens with zero attached hydrogens (tertiary/aromatic N) is 2. The Morgan fingerprint density at radius 3 is 2.67 bits per heavy atom. The fourth-order valence-corrected chi connectivity index (χ4v) is 1.94. The molecule has 0 unspecified atom stereocenters. The van der Waals surface area contributed by atoms with Crippen LogP contribution in [0.3, 0.4) is 0 Å². The van der Waals surface area contributed by atoms with Crippen molar-refractivity contribution in [1.82, 2.24) is 9.88 Å². The normalized spacial score (nSPS) is 10.1. The van der Waals surface area contributed by atoms with Crippen LogP contribution in [0.4, 0.5) is 0 Å². The molecule has 0 aromatic carbocycles. The van der Waals surface area contributed by atoms with Gasteiger partial charge in [-0.3, -0.25) is 4.79 Å². The highest BCUT2D eigenvalue weighted by atomic mass is 32.2. The third-order valence-electron chi connectivity index (χ3n) is 2.25. The first-order valence-electron chi connectivity index (χ1n) is 5.02. The molecular formula is C11H16N2OS. The summed E-state index contributed by atoms with van der Waals surface area (Å²) in [6.45, 7) is 5.43. The zero-order valence-electron chi connectivity index (χ0n) is 9.36. The van der Waals surface area contributed by atoms with Crippen LogP contribution in [-0.4, -0.2) is 35.1 Å². The highest BCUT2D eigenvalue weighted by Gasteiger charge is 2.16. The maximum atomic E-state index is 12.1. The number of pyridine rings is 1. The maximum Gasteiger partial charge on any atom is 0.256 e. The molecule has 1 aromatic rings. The second kappa shape index (κ2) is 5.75. The highest BCUT2D eigenvalue weighted by molar-refractivity contribution is 7.98. The van der Waals surface area contributed by atoms with Crippen molar-refractivity contribution in [2.24, 2.45) is 0 Å². The highest BCUT2D eigenvalue weighted by Crippen LogP contribution is 2.18. The standard InChI is InChI=1S/C11H16N2OS/c1-4-13(5-2)11(14)9-7-6-8-12-10(9)15-3/h6-8H,4-5H2,1-3H3. The van der Waals surface area contributed by atoms with Gasteiger partial charge in [-0.2, -0.15) is 0 Å². The molecule has 0 N–H and O–H groups in total. The number of carbonyl (C=O) groups excluding carboxylic acids is 1. The quantitative estimate of drug-likeness (QED) is 0.736. The number of aromatic nitrogens is 1. The molecule has 15 heavy (non-hydrogen) atoms. The molecule has 1 heterocycles. The molecule has 0 saturated heterocycles. The summed E-state index contributed by atoms with van der Waals surface area (Å²) in [5.41, 5.74) is 0.703. The summed E-state index contributed by atoms with van der Waals surface area (Å²) in [5.74, 6) is 0.0671. The van der Waals surface area contributed by atoms with Gasteiger partial charge in [0.05, 0.1) is 5.56 Å². The molecule has 0 radical (unpaired) electrons. The number of carbonyl (C=O) groups is 1. The first kappa shape index (κ1) is 12.0. The van der Waals surface area contributed by atoms with E-state index in [-0.39, 0.29) is 5.91 Å². The molecule has 0 bridgehead atoms. The summed E-state index contributed by atoms with van der Waals surface area (Å²) in [5, 5.41) is 0.800. The van der Waals surface area contributed by atoms with Crippen molar-refractivity contribution in [3.63, 3.8) is 0 Å². The zero-order chi connectivity index (χ0) is 11.3. The molecule has 0 spiro atoms. The lowest BCUT2D eigenvalue weighted by Gasteiger charge is -2.19. The van der Waals surface area contributed by atoms with E-state index in [1.165, 1.54) is 11.8 Å². The minimum Gasteiger partial charge on any atom is -0.339 e. The van der Waals surface area contributed by atoms with Gasteiger partial charge in [0.25, 0.3) is 5.91 Å². The van der Waals surface area contributed by atoms with E-state index in [0.29, 0.717) is 5.56 Å². The SMILES string of the molecule is CCN(CC)C(=O)c1cccnc1SC. The smallest absolute Gasteiger partial charge is 0.256 e. The molecule has 0 aliphatic rings. The van der Waals surface area contributed by atoms with Crippen LogP contribution in [0.25, 0.3) is 0 Å². The van der Waals surface area contributed by atoms with Gasteiger partial charge in [-0.15, -0.1) is 11.8 Å². The van der Waals surface area contributed by atoms with E-state index in [1.54, 1.807) is 17.2 Å². The van der Waals surface area contributed by atoms with Crippen molar-refractivity contribution in [3.05, 3.63) is 23.9 Å². The molecular weight excluding hydrogens is 208 g/mol. The third-order valence-corrected chi connectivity index (χ3v) is 2.96. The van der Waals surface area contributed by atoms with Gasteiger partial charge in [0, 0.05) is 19.3 Å². The molecule has 3 nitrogen and oxygen atoms in total. The second-order valence-corrected chi connectivity index (χ2v) is 3.83. The largest absolute Gasteiger partial charge is 0.339 e. The Bertz CT molecular complexity index is 337. The predicted molar refractivity (Wildman–Crippen MR) is 63.3 cm³/mol. The van der Waals surface area contributed by atoms with E-state index in [9.17, 15) is 4.79 Å². The summed E-state index contributed by atoms with van der Waals surface area (Å²) in [4.78, 5) is 18.0. The van der Waals surface area contributed by atoms with Crippen LogP contribution in [0.5, 0.6) is 0 Å². The van der Waals surface area contributed by atoms with Gasteiger partial charge in [-0.1, -0.05) is 0 Å². The maximum absolute atomic E-state index is 12.1. The molecule has 4 heteroatoms. The third kappa shape index (κ3) is 2.72. The molecule has 1 amide bonds. The summed E-state index contributed by atoms with van der Waals surface area (Å²) in [6, 6.07) is 3.63. The van der Waals surface area contributed by atoms with Crippen LogP contribution in [-0.2, 0) is 0 Å². The van der Waals surface area contributed by atoms with E-state index in [4.69, 9.17) is 0 Å². The number of thioether (sulfide) groups is 1. The number of hydrogen-bond acceptors (Lipinski definition) is 3. The average molecular weight is 224 g/mol. The number of amides is 1. The molecule has 1 aromatic heterocycles. The fraction of sp³-hybridized carbons (Fsp3) is 0.455. The van der Waals surface area contributed by atoms with E-state index in [1.807, 2.05) is 26.2 Å². The molecule has 0 saturated carbocycles. The average Bonchev–Trinajstić information content (AvgIpc) is 2.30. The topological polar surface area (TPSA) is 33.2 Å². The van der Waals surface area contributed by atoms with Crippen LogP contribution in [0.15, 0.2) is 23.4 Å². The van der Waals surface area contributed by atoms with Gasteiger partial charge in [-0.05, 0) is 32.2 Å². The van der Waals surface area contributed by atoms with Crippen molar-refractivity contribution in [2.75, 3.05) is 19.3 Å². The van der Waals surface area contributed by atoms with Crippen LogP contribution in [0, 0.1) is 0 Å². The van der Waals surface area contributed by atoms with Crippen LogP contribution < -0.4 is 0 Å². The lowest BCUT2D eigenvalue weighted by Crippen LogP contribution is -2.30. The van der Waals surface area contributed by atoms with Gasteiger partial charge >= 0.3 is 0 Å². The van der Waals surface area contributed by atoms with Crippen molar-refractivity contribution in [3.8, 4) is 0 Å². The Kier molecular flexibility index (Phi) is 4.62. The minimum atomic E-state index is 0.0671. The lowest BCUT2D eigenvalue weighted by molar-refractivity contribution is 0.0768. The van der Waals surface area contributed by atoms with E-state index >= 15 is 0 Å². The van der Waals surface area contributed by atoms with Gasteiger partial charge in [0.2, 0.25) is 0 Å². The predicted octanol–water partition coefficient (Wildman–Crippen LogP) is 2.29. The molecule has 0 aliphatic heterocycles. The Morgan fingerprint density at radius 2 is 2.13 bits per heavy atom. The van der Waals surface area contributed by atoms with Gasteiger partial charge in [-0.25, -0.2) is 4.98 Å². The Labute approximate surface area is 94.9 Å². The minimum absolute atomic E-state index is 0.0671. The van der Waals surface area contributed by atoms with Crippen LogP contribution >= 0.6 is 11.8 Å². The summed E-state index contributed by atoms with van der Waals surface area (Å²) < 4.78 is 0. The summed E-state index contributed by atoms with van der Waals surface area (Å²) in [7, 11) is 0. The first-order chi connectivity index (χ1) is 7.24. The fourth-order valence-electron chi connectivity index (χ4n) is 1.40. The number of rotatable bonds is 4. The van der Waals surface area contributed by atoms with Crippen molar-refractivity contribution >= 4 is 17.7 Å². The monoisotopic (exact) mass is 224 g/mol. The van der Waals surface area contributed by atoms with E-state index in [0.717, 1.165) is 18.1 Å². The Hall–Kier alpha value is -1.03. The van der Waals surface area contributed by atoms with E-state index in [2.05, 4.69) is 4.98 Å². The molecule has 0 fully saturated rings. The number of hydrogen-bond donors (Lipinski definition) is 0. The summed E-state index contributed by atoms with van der Waals surface area (Å²) >= 11 is 1.50.